The number of pyridine rings is 1. The standard InChI is InChI=1S/C17H15N3OS/c21-16-15(22-17(20-16)19-10-11-3-4-11)9-12-5-6-14-13(8-12)2-1-7-18-14/h1-2,5-9,11H,3-4,10H2,(H,19,20,21)/b15-9-. The molecule has 0 atom stereocenters. The summed E-state index contributed by atoms with van der Waals surface area (Å²) in [6, 6.07) is 9.92. The van der Waals surface area contributed by atoms with Crippen molar-refractivity contribution in [3.8, 4) is 0 Å². The van der Waals surface area contributed by atoms with Crippen molar-refractivity contribution in [3.05, 3.63) is 47.0 Å². The van der Waals surface area contributed by atoms with Gasteiger partial charge < -0.3 is 5.32 Å². The van der Waals surface area contributed by atoms with E-state index < -0.39 is 0 Å². The fourth-order valence-corrected chi connectivity index (χ4v) is 3.19. The van der Waals surface area contributed by atoms with Gasteiger partial charge in [-0.2, -0.15) is 4.99 Å². The van der Waals surface area contributed by atoms with E-state index in [0.29, 0.717) is 4.91 Å². The summed E-state index contributed by atoms with van der Waals surface area (Å²) in [6.45, 7) is 0.925. The van der Waals surface area contributed by atoms with Crippen LogP contribution in [0.15, 0.2) is 46.4 Å². The van der Waals surface area contributed by atoms with Gasteiger partial charge in [-0.05, 0) is 60.4 Å². The van der Waals surface area contributed by atoms with Gasteiger partial charge in [-0.3, -0.25) is 9.78 Å². The van der Waals surface area contributed by atoms with Gasteiger partial charge in [0, 0.05) is 18.1 Å². The van der Waals surface area contributed by atoms with Crippen LogP contribution in [0.1, 0.15) is 18.4 Å². The predicted octanol–water partition coefficient (Wildman–Crippen LogP) is 3.20. The van der Waals surface area contributed by atoms with E-state index in [4.69, 9.17) is 0 Å². The third kappa shape index (κ3) is 2.90. The number of fused-ring (bicyclic) bond motifs is 1. The maximum Gasteiger partial charge on any atom is 0.286 e. The lowest BCUT2D eigenvalue weighted by molar-refractivity contribution is -0.113. The molecule has 1 N–H and O–H groups in total. The Kier molecular flexibility index (Phi) is 3.42. The fourth-order valence-electron chi connectivity index (χ4n) is 2.37. The minimum atomic E-state index is -0.158. The Labute approximate surface area is 132 Å². The van der Waals surface area contributed by atoms with Gasteiger partial charge >= 0.3 is 0 Å². The van der Waals surface area contributed by atoms with E-state index in [1.807, 2.05) is 36.4 Å². The molecule has 0 spiro atoms. The Morgan fingerprint density at radius 2 is 2.23 bits per heavy atom. The number of aliphatic imine (C=N–C) groups is 1. The van der Waals surface area contributed by atoms with Gasteiger partial charge in [-0.25, -0.2) is 0 Å². The third-order valence-corrected chi connectivity index (χ3v) is 4.73. The van der Waals surface area contributed by atoms with Crippen LogP contribution in [0.4, 0.5) is 0 Å². The van der Waals surface area contributed by atoms with Crippen molar-refractivity contribution in [1.29, 1.82) is 0 Å². The summed E-state index contributed by atoms with van der Waals surface area (Å²) in [4.78, 5) is 21.0. The molecule has 2 heterocycles. The first-order valence-corrected chi connectivity index (χ1v) is 8.21. The van der Waals surface area contributed by atoms with Crippen LogP contribution in [-0.2, 0) is 4.79 Å². The number of nitrogens with one attached hydrogen (secondary N) is 1. The van der Waals surface area contributed by atoms with E-state index in [1.54, 1.807) is 6.20 Å². The molecule has 1 saturated carbocycles. The highest BCUT2D eigenvalue weighted by Gasteiger charge is 2.25. The van der Waals surface area contributed by atoms with E-state index in [0.717, 1.165) is 34.1 Å². The van der Waals surface area contributed by atoms with Crippen molar-refractivity contribution in [2.45, 2.75) is 12.8 Å². The predicted molar refractivity (Wildman–Crippen MR) is 90.5 cm³/mol. The topological polar surface area (TPSA) is 54.4 Å². The fraction of sp³-hybridized carbons (Fsp3) is 0.235. The molecule has 2 aliphatic rings. The van der Waals surface area contributed by atoms with E-state index >= 15 is 0 Å². The van der Waals surface area contributed by atoms with Crippen LogP contribution in [0.25, 0.3) is 17.0 Å². The molecule has 22 heavy (non-hydrogen) atoms. The van der Waals surface area contributed by atoms with Gasteiger partial charge in [0.15, 0.2) is 5.17 Å². The molecule has 0 bridgehead atoms. The Bertz CT molecular complexity index is 808. The molecular weight excluding hydrogens is 294 g/mol. The highest BCUT2D eigenvalue weighted by atomic mass is 32.2. The number of nitrogens with zero attached hydrogens (tertiary/aromatic N) is 2. The number of carbonyl (C=O) groups is 1. The van der Waals surface area contributed by atoms with Crippen LogP contribution in [0.2, 0.25) is 0 Å². The van der Waals surface area contributed by atoms with Gasteiger partial charge in [-0.15, -0.1) is 0 Å². The quantitative estimate of drug-likeness (QED) is 0.885. The largest absolute Gasteiger partial charge is 0.364 e. The second kappa shape index (κ2) is 5.57. The van der Waals surface area contributed by atoms with Crippen LogP contribution in [0.3, 0.4) is 0 Å². The molecule has 4 rings (SSSR count). The summed E-state index contributed by atoms with van der Waals surface area (Å²) in [6.07, 6.45) is 6.25. The second-order valence-electron chi connectivity index (χ2n) is 5.61. The molecule has 2 aromatic rings. The molecule has 1 fully saturated rings. The van der Waals surface area contributed by atoms with Crippen LogP contribution in [0.5, 0.6) is 0 Å². The molecular formula is C17H15N3OS. The molecule has 0 saturated heterocycles. The van der Waals surface area contributed by atoms with E-state index in [9.17, 15) is 4.79 Å². The van der Waals surface area contributed by atoms with Crippen molar-refractivity contribution in [2.75, 3.05) is 6.54 Å². The molecule has 4 nitrogen and oxygen atoms in total. The van der Waals surface area contributed by atoms with Crippen molar-refractivity contribution in [2.24, 2.45) is 10.9 Å². The zero-order valence-corrected chi connectivity index (χ0v) is 12.8. The summed E-state index contributed by atoms with van der Waals surface area (Å²) in [5.74, 6) is 0.606. The zero-order chi connectivity index (χ0) is 14.9. The minimum absolute atomic E-state index is 0.158. The highest BCUT2D eigenvalue weighted by molar-refractivity contribution is 8.18. The van der Waals surface area contributed by atoms with Crippen molar-refractivity contribution < 1.29 is 4.79 Å². The van der Waals surface area contributed by atoms with Crippen molar-refractivity contribution in [1.82, 2.24) is 10.3 Å². The van der Waals surface area contributed by atoms with Crippen LogP contribution < -0.4 is 5.32 Å². The average Bonchev–Trinajstić information content (AvgIpc) is 3.30. The van der Waals surface area contributed by atoms with Gasteiger partial charge in [-0.1, -0.05) is 12.1 Å². The first-order valence-electron chi connectivity index (χ1n) is 7.39. The smallest absolute Gasteiger partial charge is 0.286 e. The van der Waals surface area contributed by atoms with Crippen LogP contribution in [0, 0.1) is 5.92 Å². The van der Waals surface area contributed by atoms with Gasteiger partial charge in [0.2, 0.25) is 0 Å². The first-order chi connectivity index (χ1) is 10.8. The summed E-state index contributed by atoms with van der Waals surface area (Å²) in [5, 5.41) is 5.06. The summed E-state index contributed by atoms with van der Waals surface area (Å²) in [7, 11) is 0. The Morgan fingerprint density at radius 3 is 3.09 bits per heavy atom. The number of hydrogen-bond donors (Lipinski definition) is 1. The van der Waals surface area contributed by atoms with Crippen LogP contribution >= 0.6 is 11.8 Å². The molecule has 1 aliphatic carbocycles. The summed E-state index contributed by atoms with van der Waals surface area (Å²) >= 11 is 1.42. The summed E-state index contributed by atoms with van der Waals surface area (Å²) in [5.41, 5.74) is 1.95. The Hall–Kier alpha value is -2.14. The van der Waals surface area contributed by atoms with E-state index in [2.05, 4.69) is 15.3 Å². The number of carbonyl (C=O) groups excluding carboxylic acids is 1. The van der Waals surface area contributed by atoms with Crippen molar-refractivity contribution in [3.63, 3.8) is 0 Å². The molecule has 1 aromatic carbocycles. The molecule has 0 unspecified atom stereocenters. The van der Waals surface area contributed by atoms with Gasteiger partial charge in [0.05, 0.1) is 10.4 Å². The van der Waals surface area contributed by atoms with E-state index in [-0.39, 0.29) is 5.91 Å². The first kappa shape index (κ1) is 13.5. The second-order valence-corrected chi connectivity index (χ2v) is 6.64. The maximum atomic E-state index is 12.0. The highest BCUT2D eigenvalue weighted by Crippen LogP contribution is 2.31. The maximum absolute atomic E-state index is 12.0. The number of rotatable bonds is 3. The Balaban J connectivity index is 1.52. The van der Waals surface area contributed by atoms with Gasteiger partial charge in [0.25, 0.3) is 5.91 Å². The van der Waals surface area contributed by atoms with Gasteiger partial charge in [0.1, 0.15) is 0 Å². The SMILES string of the molecule is O=C1N=C(NCC2CC2)S/C1=C\c1ccc2ncccc2c1. The number of amides is 1. The van der Waals surface area contributed by atoms with Crippen LogP contribution in [-0.4, -0.2) is 22.6 Å². The number of aromatic nitrogens is 1. The monoisotopic (exact) mass is 309 g/mol. The molecule has 1 aliphatic heterocycles. The summed E-state index contributed by atoms with van der Waals surface area (Å²) < 4.78 is 0. The lowest BCUT2D eigenvalue weighted by atomic mass is 10.1. The Morgan fingerprint density at radius 1 is 1.32 bits per heavy atom. The lowest BCUT2D eigenvalue weighted by Gasteiger charge is -2.02. The molecule has 1 amide bonds. The molecule has 5 heteroatoms. The number of thioether (sulfide) groups is 1. The molecule has 110 valence electrons. The zero-order valence-electron chi connectivity index (χ0n) is 12.0. The number of benzene rings is 1. The van der Waals surface area contributed by atoms with E-state index in [1.165, 1.54) is 24.6 Å². The minimum Gasteiger partial charge on any atom is -0.364 e. The number of hydrogen-bond acceptors (Lipinski definition) is 4. The lowest BCUT2D eigenvalue weighted by Crippen LogP contribution is -2.21. The number of amidine groups is 1. The average molecular weight is 309 g/mol. The molecule has 1 aromatic heterocycles. The normalized spacial score (nSPS) is 19.7. The van der Waals surface area contributed by atoms with Crippen molar-refractivity contribution >= 4 is 39.8 Å². The molecule has 0 radical (unpaired) electrons. The third-order valence-electron chi connectivity index (χ3n) is 3.78.